The van der Waals surface area contributed by atoms with Gasteiger partial charge in [0.2, 0.25) is 11.8 Å². The summed E-state index contributed by atoms with van der Waals surface area (Å²) in [5.41, 5.74) is 1.63. The number of methoxy groups -OCH3 is 1. The SMILES string of the molecule is COc1cccc(NC(=O)C[C@@H]2CC[C@H]3[C@@H](COc4ccc(NC(=O)C5CCOCC5)cc4C(=O)N3C)O2)c1. The average Bonchev–Trinajstić information content (AvgIpc) is 2.95. The number of nitrogens with one attached hydrogen (secondary N) is 2. The lowest BCUT2D eigenvalue weighted by molar-refractivity contribution is -0.130. The number of hydrogen-bond donors (Lipinski definition) is 2. The number of carbonyl (C=O) groups excluding carboxylic acids is 3. The van der Waals surface area contributed by atoms with Gasteiger partial charge in [-0.2, -0.15) is 0 Å². The standard InChI is InChI=1S/C29H35N3O7/c1-32-24-8-7-22(16-27(33)30-19-4-3-5-21(14-19)36-2)39-26(24)17-38-25-9-6-20(15-23(25)29(32)35)31-28(34)18-10-12-37-13-11-18/h3-6,9,14-15,18,22,24,26H,7-8,10-13,16-17H2,1-2H3,(H,30,33)(H,31,34)/t22-,24-,26+/m0/s1. The monoisotopic (exact) mass is 537 g/mol. The van der Waals surface area contributed by atoms with E-state index in [9.17, 15) is 14.4 Å². The summed E-state index contributed by atoms with van der Waals surface area (Å²) in [6.07, 6.45) is 2.24. The molecule has 0 aromatic heterocycles. The zero-order valence-corrected chi connectivity index (χ0v) is 22.3. The molecule has 0 saturated carbocycles. The molecule has 3 heterocycles. The second-order valence-electron chi connectivity index (χ2n) is 10.2. The Bertz CT molecular complexity index is 1210. The first-order valence-electron chi connectivity index (χ1n) is 13.4. The van der Waals surface area contributed by atoms with Crippen LogP contribution in [0.1, 0.15) is 42.5 Å². The van der Waals surface area contributed by atoms with Crippen molar-refractivity contribution < 1.29 is 33.3 Å². The minimum Gasteiger partial charge on any atom is -0.497 e. The van der Waals surface area contributed by atoms with E-state index in [0.29, 0.717) is 67.3 Å². The first-order valence-corrected chi connectivity index (χ1v) is 13.4. The number of likely N-dealkylation sites (N-methyl/N-ethyl adjacent to an activating group) is 1. The van der Waals surface area contributed by atoms with E-state index in [1.807, 2.05) is 12.1 Å². The van der Waals surface area contributed by atoms with E-state index < -0.39 is 0 Å². The molecule has 3 amide bonds. The quantitative estimate of drug-likeness (QED) is 0.580. The zero-order valence-electron chi connectivity index (χ0n) is 22.3. The van der Waals surface area contributed by atoms with Gasteiger partial charge in [-0.1, -0.05) is 6.07 Å². The second-order valence-corrected chi connectivity index (χ2v) is 10.2. The van der Waals surface area contributed by atoms with Crippen molar-refractivity contribution in [2.24, 2.45) is 5.92 Å². The fraction of sp³-hybridized carbons (Fsp3) is 0.483. The number of carbonyl (C=O) groups is 3. The van der Waals surface area contributed by atoms with Gasteiger partial charge in [0, 0.05) is 43.6 Å². The van der Waals surface area contributed by atoms with Crippen LogP contribution in [0.2, 0.25) is 0 Å². The van der Waals surface area contributed by atoms with Gasteiger partial charge in [0.15, 0.2) is 0 Å². The maximum absolute atomic E-state index is 13.5. The van der Waals surface area contributed by atoms with Gasteiger partial charge in [0.25, 0.3) is 5.91 Å². The Labute approximate surface area is 227 Å². The van der Waals surface area contributed by atoms with Gasteiger partial charge >= 0.3 is 0 Å². The Kier molecular flexibility index (Phi) is 8.33. The Hall–Kier alpha value is -3.63. The van der Waals surface area contributed by atoms with E-state index in [0.717, 1.165) is 0 Å². The summed E-state index contributed by atoms with van der Waals surface area (Å²) < 4.78 is 22.9. The van der Waals surface area contributed by atoms with Crippen molar-refractivity contribution in [2.45, 2.75) is 50.4 Å². The summed E-state index contributed by atoms with van der Waals surface area (Å²) >= 11 is 0. The lowest BCUT2D eigenvalue weighted by Gasteiger charge is -2.42. The third-order valence-corrected chi connectivity index (χ3v) is 7.64. The summed E-state index contributed by atoms with van der Waals surface area (Å²) in [5.74, 6) is 0.603. The normalized spacial score (nSPS) is 23.4. The molecule has 2 saturated heterocycles. The van der Waals surface area contributed by atoms with Gasteiger partial charge in [-0.05, 0) is 56.0 Å². The summed E-state index contributed by atoms with van der Waals surface area (Å²) in [6, 6.07) is 12.1. The Morgan fingerprint density at radius 3 is 2.62 bits per heavy atom. The molecule has 0 radical (unpaired) electrons. The van der Waals surface area contributed by atoms with Crippen molar-refractivity contribution >= 4 is 29.1 Å². The molecule has 3 atom stereocenters. The number of fused-ring (bicyclic) bond motifs is 2. The Morgan fingerprint density at radius 2 is 1.82 bits per heavy atom. The molecule has 0 spiro atoms. The van der Waals surface area contributed by atoms with Crippen LogP contribution < -0.4 is 20.1 Å². The highest BCUT2D eigenvalue weighted by atomic mass is 16.5. The molecule has 2 N–H and O–H groups in total. The Morgan fingerprint density at radius 1 is 1.03 bits per heavy atom. The fourth-order valence-electron chi connectivity index (χ4n) is 5.43. The predicted molar refractivity (Wildman–Crippen MR) is 144 cm³/mol. The molecule has 2 fully saturated rings. The van der Waals surface area contributed by atoms with Crippen molar-refractivity contribution in [3.63, 3.8) is 0 Å². The van der Waals surface area contributed by atoms with Crippen LogP contribution in [0.5, 0.6) is 11.5 Å². The molecule has 10 nitrogen and oxygen atoms in total. The van der Waals surface area contributed by atoms with Crippen LogP contribution in [-0.2, 0) is 19.1 Å². The van der Waals surface area contributed by atoms with E-state index in [1.54, 1.807) is 49.4 Å². The van der Waals surface area contributed by atoms with Crippen LogP contribution in [0.25, 0.3) is 0 Å². The van der Waals surface area contributed by atoms with Crippen LogP contribution in [0, 0.1) is 5.92 Å². The highest BCUT2D eigenvalue weighted by Gasteiger charge is 2.39. The molecule has 208 valence electrons. The van der Waals surface area contributed by atoms with Crippen LogP contribution in [0.3, 0.4) is 0 Å². The Balaban J connectivity index is 1.22. The van der Waals surface area contributed by atoms with Gasteiger partial charge in [0.1, 0.15) is 24.2 Å². The van der Waals surface area contributed by atoms with E-state index >= 15 is 0 Å². The van der Waals surface area contributed by atoms with Gasteiger partial charge < -0.3 is 34.5 Å². The van der Waals surface area contributed by atoms with Gasteiger partial charge in [-0.3, -0.25) is 14.4 Å². The van der Waals surface area contributed by atoms with Gasteiger partial charge in [-0.25, -0.2) is 0 Å². The van der Waals surface area contributed by atoms with Gasteiger partial charge in [-0.15, -0.1) is 0 Å². The molecule has 39 heavy (non-hydrogen) atoms. The molecule has 0 aliphatic carbocycles. The molecule has 0 unspecified atom stereocenters. The van der Waals surface area contributed by atoms with Crippen molar-refractivity contribution in [2.75, 3.05) is 44.6 Å². The molecule has 10 heteroatoms. The van der Waals surface area contributed by atoms with E-state index in [2.05, 4.69) is 10.6 Å². The van der Waals surface area contributed by atoms with Crippen LogP contribution in [0.4, 0.5) is 11.4 Å². The highest BCUT2D eigenvalue weighted by Crippen LogP contribution is 2.33. The predicted octanol–water partition coefficient (Wildman–Crippen LogP) is 3.47. The summed E-state index contributed by atoms with van der Waals surface area (Å²) in [5, 5.41) is 5.84. The number of ether oxygens (including phenoxy) is 4. The molecule has 2 aromatic carbocycles. The summed E-state index contributed by atoms with van der Waals surface area (Å²) in [7, 11) is 3.34. The lowest BCUT2D eigenvalue weighted by atomic mass is 9.94. The summed E-state index contributed by atoms with van der Waals surface area (Å²) in [6.45, 7) is 1.41. The molecular formula is C29H35N3O7. The highest BCUT2D eigenvalue weighted by molar-refractivity contribution is 6.00. The minimum atomic E-state index is -0.372. The lowest BCUT2D eigenvalue weighted by Crippen LogP contribution is -2.53. The smallest absolute Gasteiger partial charge is 0.257 e. The number of anilines is 2. The first-order chi connectivity index (χ1) is 18.9. The third-order valence-electron chi connectivity index (χ3n) is 7.64. The van der Waals surface area contributed by atoms with Crippen LogP contribution in [0.15, 0.2) is 42.5 Å². The maximum atomic E-state index is 13.5. The minimum absolute atomic E-state index is 0.0620. The zero-order chi connectivity index (χ0) is 27.4. The second kappa shape index (κ2) is 12.0. The molecular weight excluding hydrogens is 502 g/mol. The third kappa shape index (κ3) is 6.34. The van der Waals surface area contributed by atoms with E-state index in [1.165, 1.54) is 0 Å². The molecule has 5 rings (SSSR count). The summed E-state index contributed by atoms with van der Waals surface area (Å²) in [4.78, 5) is 40.6. The number of benzene rings is 2. The molecule has 3 aliphatic rings. The topological polar surface area (TPSA) is 115 Å². The molecule has 0 bridgehead atoms. The van der Waals surface area contributed by atoms with Crippen LogP contribution in [-0.4, -0.2) is 74.8 Å². The fourth-order valence-corrected chi connectivity index (χ4v) is 5.43. The van der Waals surface area contributed by atoms with Crippen molar-refractivity contribution in [1.82, 2.24) is 4.90 Å². The van der Waals surface area contributed by atoms with Crippen molar-refractivity contribution in [3.8, 4) is 11.5 Å². The average molecular weight is 538 g/mol. The number of amides is 3. The largest absolute Gasteiger partial charge is 0.497 e. The van der Waals surface area contributed by atoms with Crippen molar-refractivity contribution in [1.29, 1.82) is 0 Å². The van der Waals surface area contributed by atoms with E-state index in [-0.39, 0.29) is 54.9 Å². The number of nitrogens with zero attached hydrogens (tertiary/aromatic N) is 1. The molecule has 3 aliphatic heterocycles. The number of rotatable bonds is 6. The van der Waals surface area contributed by atoms with E-state index in [4.69, 9.17) is 18.9 Å². The molecule has 2 aromatic rings. The maximum Gasteiger partial charge on any atom is 0.257 e. The number of hydrogen-bond acceptors (Lipinski definition) is 7. The van der Waals surface area contributed by atoms with Crippen LogP contribution >= 0.6 is 0 Å². The van der Waals surface area contributed by atoms with Gasteiger partial charge in [0.05, 0.1) is 31.2 Å². The van der Waals surface area contributed by atoms with Crippen molar-refractivity contribution in [3.05, 3.63) is 48.0 Å². The first kappa shape index (κ1) is 27.0.